The summed E-state index contributed by atoms with van der Waals surface area (Å²) in [6.07, 6.45) is 3.43. The molecule has 2 aliphatic rings. The highest BCUT2D eigenvalue weighted by atomic mass is 16.5. The minimum absolute atomic E-state index is 0.0380. The maximum Gasteiger partial charge on any atom is 0.407 e. The smallest absolute Gasteiger partial charge is 0.407 e. The first-order valence-corrected chi connectivity index (χ1v) is 12.5. The Morgan fingerprint density at radius 3 is 2.20 bits per heavy atom. The van der Waals surface area contributed by atoms with Gasteiger partial charge < -0.3 is 20.5 Å². The lowest BCUT2D eigenvalue weighted by molar-refractivity contribution is -0.148. The van der Waals surface area contributed by atoms with Crippen molar-refractivity contribution < 1.29 is 24.2 Å². The molecule has 0 bridgehead atoms. The van der Waals surface area contributed by atoms with Gasteiger partial charge >= 0.3 is 12.1 Å². The predicted molar refractivity (Wildman–Crippen MR) is 133 cm³/mol. The Morgan fingerprint density at radius 1 is 1.00 bits per heavy atom. The summed E-state index contributed by atoms with van der Waals surface area (Å²) in [5.74, 6) is -1.90. The number of ether oxygens (including phenoxy) is 1. The van der Waals surface area contributed by atoms with Gasteiger partial charge in [-0.25, -0.2) is 9.59 Å². The Hall–Kier alpha value is -3.35. The number of hydrogen-bond acceptors (Lipinski definition) is 4. The third-order valence-electron chi connectivity index (χ3n) is 7.37. The van der Waals surface area contributed by atoms with Crippen LogP contribution in [0.25, 0.3) is 11.1 Å². The number of carboxylic acid groups (broad SMARTS) is 1. The topological polar surface area (TPSA) is 105 Å². The fourth-order valence-corrected chi connectivity index (χ4v) is 5.50. The van der Waals surface area contributed by atoms with Gasteiger partial charge in [-0.2, -0.15) is 0 Å². The number of carbonyl (C=O) groups is 3. The first kappa shape index (κ1) is 24.8. The van der Waals surface area contributed by atoms with E-state index < -0.39 is 23.5 Å². The maximum absolute atomic E-state index is 13.1. The number of carboxylic acids is 1. The normalized spacial score (nSPS) is 20.7. The van der Waals surface area contributed by atoms with Crippen LogP contribution < -0.4 is 10.6 Å². The van der Waals surface area contributed by atoms with Crippen LogP contribution in [-0.2, 0) is 14.3 Å². The van der Waals surface area contributed by atoms with Gasteiger partial charge in [-0.05, 0) is 48.4 Å². The molecule has 2 aliphatic carbocycles. The minimum Gasteiger partial charge on any atom is -0.480 e. The summed E-state index contributed by atoms with van der Waals surface area (Å²) < 4.78 is 5.67. The van der Waals surface area contributed by atoms with Crippen LogP contribution in [0.3, 0.4) is 0 Å². The fraction of sp³-hybridized carbons (Fsp3) is 0.464. The van der Waals surface area contributed by atoms with Crippen molar-refractivity contribution in [2.45, 2.75) is 69.9 Å². The molecule has 0 heterocycles. The van der Waals surface area contributed by atoms with Crippen LogP contribution in [0.2, 0.25) is 0 Å². The maximum atomic E-state index is 13.1. The molecule has 1 saturated carbocycles. The zero-order valence-corrected chi connectivity index (χ0v) is 20.4. The average molecular weight is 479 g/mol. The van der Waals surface area contributed by atoms with Gasteiger partial charge in [0.1, 0.15) is 12.1 Å². The van der Waals surface area contributed by atoms with Crippen LogP contribution in [0, 0.1) is 5.92 Å². The van der Waals surface area contributed by atoms with Crippen molar-refractivity contribution in [1.29, 1.82) is 0 Å². The second-order valence-electron chi connectivity index (χ2n) is 9.84. The third-order valence-corrected chi connectivity index (χ3v) is 7.37. The van der Waals surface area contributed by atoms with Gasteiger partial charge in [0.25, 0.3) is 0 Å². The Labute approximate surface area is 206 Å². The van der Waals surface area contributed by atoms with Gasteiger partial charge in [-0.15, -0.1) is 0 Å². The van der Waals surface area contributed by atoms with E-state index in [1.165, 1.54) is 6.92 Å². The standard InChI is InChI=1S/C28H34N2O5/c1-3-16-28(2,26(32)33)30-25(31)22-14-8-9-15-24(22)29-27(34)35-17-23-20-12-6-4-10-18(20)19-11-5-7-13-21(19)23/h4-7,10-13,22-24H,3,8-9,14-17H2,1-2H3,(H,29,34)(H,30,31)(H,32,33). The van der Waals surface area contributed by atoms with Gasteiger partial charge in [0, 0.05) is 12.0 Å². The number of nitrogens with one attached hydrogen (secondary N) is 2. The van der Waals surface area contributed by atoms with E-state index in [4.69, 9.17) is 4.74 Å². The monoisotopic (exact) mass is 478 g/mol. The van der Waals surface area contributed by atoms with Crippen molar-refractivity contribution in [3.05, 3.63) is 59.7 Å². The lowest BCUT2D eigenvalue weighted by atomic mass is 9.83. The molecular weight excluding hydrogens is 444 g/mol. The fourth-order valence-electron chi connectivity index (χ4n) is 5.50. The predicted octanol–water partition coefficient (Wildman–Crippen LogP) is 4.84. The summed E-state index contributed by atoms with van der Waals surface area (Å²) in [7, 11) is 0. The summed E-state index contributed by atoms with van der Waals surface area (Å²) in [5, 5.41) is 15.3. The van der Waals surface area contributed by atoms with Crippen LogP contribution in [0.15, 0.2) is 48.5 Å². The van der Waals surface area contributed by atoms with Crippen molar-refractivity contribution in [2.24, 2.45) is 5.92 Å². The molecule has 7 nitrogen and oxygen atoms in total. The zero-order valence-electron chi connectivity index (χ0n) is 20.4. The van der Waals surface area contributed by atoms with E-state index in [9.17, 15) is 19.5 Å². The molecule has 2 aromatic carbocycles. The van der Waals surface area contributed by atoms with Crippen LogP contribution >= 0.6 is 0 Å². The number of rotatable bonds is 8. The Morgan fingerprint density at radius 2 is 1.60 bits per heavy atom. The molecule has 186 valence electrons. The number of benzene rings is 2. The zero-order chi connectivity index (χ0) is 25.0. The highest BCUT2D eigenvalue weighted by Crippen LogP contribution is 2.44. The minimum atomic E-state index is -1.32. The number of hydrogen-bond donors (Lipinski definition) is 3. The van der Waals surface area contributed by atoms with Crippen LogP contribution in [0.4, 0.5) is 4.79 Å². The summed E-state index contributed by atoms with van der Waals surface area (Å²) in [5.41, 5.74) is 3.28. The van der Waals surface area contributed by atoms with Gasteiger partial charge in [0.2, 0.25) is 5.91 Å². The van der Waals surface area contributed by atoms with E-state index in [0.29, 0.717) is 25.7 Å². The molecule has 0 radical (unpaired) electrons. The van der Waals surface area contributed by atoms with E-state index in [1.54, 1.807) is 0 Å². The molecule has 0 saturated heterocycles. The van der Waals surface area contributed by atoms with Crippen LogP contribution in [0.1, 0.15) is 69.4 Å². The highest BCUT2D eigenvalue weighted by molar-refractivity contribution is 5.88. The molecule has 2 aromatic rings. The number of alkyl carbamates (subject to hydrolysis) is 1. The molecule has 0 aromatic heterocycles. The number of amides is 2. The van der Waals surface area contributed by atoms with Gasteiger partial charge in [-0.1, -0.05) is 74.7 Å². The molecular formula is C28H34N2O5. The summed E-state index contributed by atoms with van der Waals surface area (Å²) >= 11 is 0. The van der Waals surface area contributed by atoms with Crippen molar-refractivity contribution >= 4 is 18.0 Å². The van der Waals surface area contributed by atoms with Crippen molar-refractivity contribution in [1.82, 2.24) is 10.6 Å². The largest absolute Gasteiger partial charge is 0.480 e. The van der Waals surface area contributed by atoms with E-state index in [2.05, 4.69) is 34.9 Å². The Bertz CT molecular complexity index is 1050. The Kier molecular flexibility index (Phi) is 7.43. The molecule has 0 spiro atoms. The second-order valence-corrected chi connectivity index (χ2v) is 9.84. The van der Waals surface area contributed by atoms with Crippen molar-refractivity contribution in [2.75, 3.05) is 6.61 Å². The van der Waals surface area contributed by atoms with Crippen molar-refractivity contribution in [3.8, 4) is 11.1 Å². The van der Waals surface area contributed by atoms with Gasteiger partial charge in [-0.3, -0.25) is 4.79 Å². The molecule has 35 heavy (non-hydrogen) atoms. The Balaban J connectivity index is 1.40. The number of aliphatic carboxylic acids is 1. The molecule has 0 aliphatic heterocycles. The molecule has 4 rings (SSSR count). The highest BCUT2D eigenvalue weighted by Gasteiger charge is 2.39. The van der Waals surface area contributed by atoms with E-state index in [1.807, 2.05) is 31.2 Å². The molecule has 2 amide bonds. The van der Waals surface area contributed by atoms with Crippen molar-refractivity contribution in [3.63, 3.8) is 0 Å². The average Bonchev–Trinajstić information content (AvgIpc) is 3.17. The lowest BCUT2D eigenvalue weighted by Crippen LogP contribution is -2.57. The van der Waals surface area contributed by atoms with E-state index in [-0.39, 0.29) is 24.5 Å². The molecule has 3 unspecified atom stereocenters. The first-order chi connectivity index (χ1) is 16.8. The second kappa shape index (κ2) is 10.5. The lowest BCUT2D eigenvalue weighted by Gasteiger charge is -2.34. The van der Waals surface area contributed by atoms with E-state index >= 15 is 0 Å². The van der Waals surface area contributed by atoms with Crippen LogP contribution in [-0.4, -0.2) is 41.3 Å². The molecule has 1 fully saturated rings. The van der Waals surface area contributed by atoms with E-state index in [0.717, 1.165) is 35.1 Å². The van der Waals surface area contributed by atoms with Gasteiger partial charge in [0.15, 0.2) is 0 Å². The molecule has 3 N–H and O–H groups in total. The number of fused-ring (bicyclic) bond motifs is 3. The molecule has 3 atom stereocenters. The summed E-state index contributed by atoms with van der Waals surface area (Å²) in [4.78, 5) is 37.6. The third kappa shape index (κ3) is 5.19. The SMILES string of the molecule is CCCC(C)(NC(=O)C1CCCCC1NC(=O)OCC1c2ccccc2-c2ccccc21)C(=O)O. The summed E-state index contributed by atoms with van der Waals surface area (Å²) in [6.45, 7) is 3.63. The summed E-state index contributed by atoms with van der Waals surface area (Å²) in [6, 6.07) is 15.9. The molecule has 7 heteroatoms. The quantitative estimate of drug-likeness (QED) is 0.503. The van der Waals surface area contributed by atoms with Gasteiger partial charge in [0.05, 0.1) is 5.92 Å². The van der Waals surface area contributed by atoms with Crippen LogP contribution in [0.5, 0.6) is 0 Å². The first-order valence-electron chi connectivity index (χ1n) is 12.5. The number of carbonyl (C=O) groups excluding carboxylic acids is 2.